The first-order valence-electron chi connectivity index (χ1n) is 10.2. The van der Waals surface area contributed by atoms with Crippen LogP contribution in [0.25, 0.3) is 0 Å². The molecule has 168 valence electrons. The summed E-state index contributed by atoms with van der Waals surface area (Å²) in [6, 6.07) is 20.7. The highest BCUT2D eigenvalue weighted by Crippen LogP contribution is 2.25. The van der Waals surface area contributed by atoms with Gasteiger partial charge in [-0.25, -0.2) is 4.79 Å². The van der Waals surface area contributed by atoms with E-state index < -0.39 is 5.97 Å². The van der Waals surface area contributed by atoms with Gasteiger partial charge in [0.25, 0.3) is 0 Å². The Balaban J connectivity index is 1.49. The van der Waals surface area contributed by atoms with Crippen LogP contribution in [0, 0.1) is 23.7 Å². The average Bonchev–Trinajstić information content (AvgIpc) is 2.86. The third kappa shape index (κ3) is 7.94. The summed E-state index contributed by atoms with van der Waals surface area (Å²) in [5, 5.41) is 9.18. The molecule has 0 unspecified atom stereocenters. The molecule has 0 saturated heterocycles. The molecule has 0 aliphatic carbocycles. The quantitative estimate of drug-likeness (QED) is 0.176. The van der Waals surface area contributed by atoms with Crippen LogP contribution in [0.1, 0.15) is 21.5 Å². The molecule has 0 aliphatic rings. The molecule has 0 amide bonds. The number of phenolic OH excluding ortho intramolecular Hbond substituents is 1. The summed E-state index contributed by atoms with van der Waals surface area (Å²) in [6.07, 6.45) is 1.10. The Morgan fingerprint density at radius 1 is 0.853 bits per heavy atom. The van der Waals surface area contributed by atoms with Crippen molar-refractivity contribution in [2.45, 2.75) is 4.90 Å². The van der Waals surface area contributed by atoms with Gasteiger partial charge in [0.2, 0.25) is 5.12 Å². The normalized spacial score (nSPS) is 9.53. The number of carbonyl (C=O) groups excluding carboxylic acids is 2. The van der Waals surface area contributed by atoms with Gasteiger partial charge < -0.3 is 14.6 Å². The van der Waals surface area contributed by atoms with Gasteiger partial charge in [0, 0.05) is 27.7 Å². The fourth-order valence-electron chi connectivity index (χ4n) is 2.57. The Kier molecular flexibility index (Phi) is 8.99. The molecule has 0 saturated carbocycles. The maximum absolute atomic E-state index is 12.6. The maximum atomic E-state index is 12.6. The maximum Gasteiger partial charge on any atom is 0.330 e. The highest BCUT2D eigenvalue weighted by molar-refractivity contribution is 8.14. The van der Waals surface area contributed by atoms with Gasteiger partial charge >= 0.3 is 5.97 Å². The van der Waals surface area contributed by atoms with Gasteiger partial charge in [0.05, 0.1) is 0 Å². The summed E-state index contributed by atoms with van der Waals surface area (Å²) in [5.74, 6) is 11.7. The second-order valence-electron chi connectivity index (χ2n) is 6.71. The zero-order chi connectivity index (χ0) is 24.2. The predicted octanol–water partition coefficient (Wildman–Crippen LogP) is 4.84. The number of carbonyl (C=O) groups is 2. The molecule has 6 heteroatoms. The highest BCUT2D eigenvalue weighted by Gasteiger charge is 2.08. The van der Waals surface area contributed by atoms with Gasteiger partial charge in [0.1, 0.15) is 24.7 Å². The van der Waals surface area contributed by atoms with E-state index >= 15 is 0 Å². The number of hydrogen-bond acceptors (Lipinski definition) is 6. The zero-order valence-electron chi connectivity index (χ0n) is 18.1. The summed E-state index contributed by atoms with van der Waals surface area (Å²) in [6.45, 7) is 3.68. The van der Waals surface area contributed by atoms with Crippen LogP contribution in [0.4, 0.5) is 0 Å². The van der Waals surface area contributed by atoms with Crippen molar-refractivity contribution in [3.8, 4) is 35.2 Å². The summed E-state index contributed by atoms with van der Waals surface area (Å²) < 4.78 is 10.3. The lowest BCUT2D eigenvalue weighted by molar-refractivity contribution is -0.138. The van der Waals surface area contributed by atoms with Gasteiger partial charge in [-0.05, 0) is 96.4 Å². The summed E-state index contributed by atoms with van der Waals surface area (Å²) >= 11 is 1.12. The van der Waals surface area contributed by atoms with Crippen molar-refractivity contribution in [1.82, 2.24) is 0 Å². The molecule has 5 nitrogen and oxygen atoms in total. The average molecular weight is 469 g/mol. The molecule has 0 heterocycles. The van der Waals surface area contributed by atoms with Crippen LogP contribution in [0.3, 0.4) is 0 Å². The predicted molar refractivity (Wildman–Crippen MR) is 132 cm³/mol. The van der Waals surface area contributed by atoms with Crippen molar-refractivity contribution in [3.05, 3.63) is 102 Å². The summed E-state index contributed by atoms with van der Waals surface area (Å²) in [5.41, 5.74) is 2.08. The Hall–Kier alpha value is -4.39. The van der Waals surface area contributed by atoms with Crippen molar-refractivity contribution in [2.24, 2.45) is 0 Å². The molecule has 0 radical (unpaired) electrons. The van der Waals surface area contributed by atoms with E-state index in [9.17, 15) is 14.7 Å². The van der Waals surface area contributed by atoms with E-state index in [-0.39, 0.29) is 24.1 Å². The van der Waals surface area contributed by atoms with Gasteiger partial charge in [-0.15, -0.1) is 0 Å². The van der Waals surface area contributed by atoms with Crippen LogP contribution in [-0.4, -0.2) is 29.4 Å². The third-order valence-corrected chi connectivity index (χ3v) is 5.19. The van der Waals surface area contributed by atoms with Crippen molar-refractivity contribution in [2.75, 3.05) is 13.2 Å². The van der Waals surface area contributed by atoms with Crippen molar-refractivity contribution in [3.63, 3.8) is 0 Å². The summed E-state index contributed by atoms with van der Waals surface area (Å²) in [4.78, 5) is 24.3. The minimum atomic E-state index is -0.492. The van der Waals surface area contributed by atoms with Crippen molar-refractivity contribution < 1.29 is 24.2 Å². The smallest absolute Gasteiger partial charge is 0.330 e. The largest absolute Gasteiger partial charge is 0.508 e. The molecule has 3 aromatic carbocycles. The molecule has 34 heavy (non-hydrogen) atoms. The molecule has 0 fully saturated rings. The lowest BCUT2D eigenvalue weighted by Crippen LogP contribution is -2.10. The molecule has 0 aromatic heterocycles. The second kappa shape index (κ2) is 12.6. The standard InChI is InChI=1S/C28H20O5S/c1-2-27(30)33-20-19-32-25-15-17-26(18-16-25)34-28(31)23-11-7-21(8-12-23)5-3-4-6-22-9-13-24(29)14-10-22/h2,7-18,29H,1,19-20H2. The van der Waals surface area contributed by atoms with E-state index in [4.69, 9.17) is 9.47 Å². The molecule has 0 bridgehead atoms. The number of rotatable bonds is 7. The highest BCUT2D eigenvalue weighted by atomic mass is 32.2. The number of thioether (sulfide) groups is 1. The topological polar surface area (TPSA) is 72.8 Å². The molecule has 1 N–H and O–H groups in total. The van der Waals surface area contributed by atoms with Crippen molar-refractivity contribution >= 4 is 22.8 Å². The number of esters is 1. The van der Waals surface area contributed by atoms with E-state index in [1.807, 2.05) is 0 Å². The molecular formula is C28H20O5S. The monoisotopic (exact) mass is 468 g/mol. The first kappa shape index (κ1) is 24.3. The number of ether oxygens (including phenoxy) is 2. The number of benzene rings is 3. The Morgan fingerprint density at radius 3 is 2.03 bits per heavy atom. The molecular weight excluding hydrogens is 448 g/mol. The van der Waals surface area contributed by atoms with Crippen molar-refractivity contribution in [1.29, 1.82) is 0 Å². The van der Waals surface area contributed by atoms with Gasteiger partial charge in [-0.3, -0.25) is 4.79 Å². The van der Waals surface area contributed by atoms with Crippen LogP contribution >= 0.6 is 11.8 Å². The molecule has 0 aliphatic heterocycles. The zero-order valence-corrected chi connectivity index (χ0v) is 18.9. The Labute approximate surface area is 202 Å². The number of hydrogen-bond donors (Lipinski definition) is 1. The van der Waals surface area contributed by atoms with Gasteiger partial charge in [-0.2, -0.15) is 0 Å². The Morgan fingerprint density at radius 2 is 1.44 bits per heavy atom. The fraction of sp³-hybridized carbons (Fsp3) is 0.0714. The lowest BCUT2D eigenvalue weighted by atomic mass is 10.1. The van der Waals surface area contributed by atoms with Crippen LogP contribution < -0.4 is 4.74 Å². The minimum Gasteiger partial charge on any atom is -0.508 e. The van der Waals surface area contributed by atoms with E-state index in [1.165, 1.54) is 0 Å². The summed E-state index contributed by atoms with van der Waals surface area (Å²) in [7, 11) is 0. The van der Waals surface area contributed by atoms with Crippen LogP contribution in [0.15, 0.2) is 90.3 Å². The van der Waals surface area contributed by atoms with Gasteiger partial charge in [0.15, 0.2) is 0 Å². The fourth-order valence-corrected chi connectivity index (χ4v) is 3.31. The molecule has 3 rings (SSSR count). The molecule has 0 spiro atoms. The molecule has 0 atom stereocenters. The first-order chi connectivity index (χ1) is 16.5. The van der Waals surface area contributed by atoms with E-state index in [0.717, 1.165) is 33.9 Å². The van der Waals surface area contributed by atoms with Crippen LogP contribution in [-0.2, 0) is 9.53 Å². The minimum absolute atomic E-state index is 0.0864. The first-order valence-corrected chi connectivity index (χ1v) is 11.0. The van der Waals surface area contributed by atoms with Crippen LogP contribution in [0.2, 0.25) is 0 Å². The number of aromatic hydroxyl groups is 1. The van der Waals surface area contributed by atoms with E-state index in [2.05, 4.69) is 30.3 Å². The second-order valence-corrected chi connectivity index (χ2v) is 7.75. The van der Waals surface area contributed by atoms with Crippen LogP contribution in [0.5, 0.6) is 11.5 Å². The lowest BCUT2D eigenvalue weighted by Gasteiger charge is -2.07. The molecule has 3 aromatic rings. The van der Waals surface area contributed by atoms with E-state index in [1.54, 1.807) is 72.8 Å². The number of phenols is 1. The van der Waals surface area contributed by atoms with Gasteiger partial charge in [-0.1, -0.05) is 18.4 Å². The Bertz CT molecular complexity index is 1270. The SMILES string of the molecule is C=CC(=O)OCCOc1ccc(SC(=O)c2ccc(C#CC#Cc3ccc(O)cc3)cc2)cc1. The van der Waals surface area contributed by atoms with E-state index in [0.29, 0.717) is 11.3 Å². The third-order valence-electron chi connectivity index (χ3n) is 4.26.